The van der Waals surface area contributed by atoms with Crippen molar-refractivity contribution in [2.24, 2.45) is 5.73 Å². The van der Waals surface area contributed by atoms with E-state index in [-0.39, 0.29) is 12.1 Å². The van der Waals surface area contributed by atoms with E-state index in [1.54, 1.807) is 12.1 Å². The maximum Gasteiger partial charge on any atom is 0.261 e. The van der Waals surface area contributed by atoms with E-state index in [9.17, 15) is 9.59 Å². The van der Waals surface area contributed by atoms with E-state index in [0.717, 1.165) is 0 Å². The monoisotopic (exact) mass is 328 g/mol. The number of para-hydroxylation sites is 1. The number of fused-ring (bicyclic) bond motifs is 1. The zero-order valence-electron chi connectivity index (χ0n) is 14.1. The fourth-order valence-corrected chi connectivity index (χ4v) is 3.53. The minimum Gasteiger partial charge on any atom is -0.368 e. The molecule has 1 aromatic heterocycles. The van der Waals surface area contributed by atoms with Gasteiger partial charge in [-0.25, -0.2) is 4.98 Å². The lowest BCUT2D eigenvalue weighted by molar-refractivity contribution is -0.118. The van der Waals surface area contributed by atoms with Crippen LogP contribution in [-0.4, -0.2) is 33.4 Å². The van der Waals surface area contributed by atoms with Crippen LogP contribution in [0.1, 0.15) is 37.9 Å². The highest BCUT2D eigenvalue weighted by molar-refractivity contribution is 5.78. The highest BCUT2D eigenvalue weighted by Gasteiger charge is 2.21. The molecule has 0 atom stereocenters. The van der Waals surface area contributed by atoms with Gasteiger partial charge in [0.15, 0.2) is 0 Å². The Morgan fingerprint density at radius 2 is 2.00 bits per heavy atom. The van der Waals surface area contributed by atoms with Crippen molar-refractivity contribution in [3.05, 3.63) is 40.4 Å². The zero-order chi connectivity index (χ0) is 17.1. The molecule has 1 aliphatic carbocycles. The molecule has 0 bridgehead atoms. The van der Waals surface area contributed by atoms with Gasteiger partial charge in [0.05, 0.1) is 17.4 Å². The summed E-state index contributed by atoms with van der Waals surface area (Å²) in [7, 11) is 2.06. The molecule has 6 heteroatoms. The largest absolute Gasteiger partial charge is 0.368 e. The number of nitrogens with zero attached hydrogens (tertiary/aromatic N) is 3. The summed E-state index contributed by atoms with van der Waals surface area (Å²) in [5.41, 5.74) is 5.80. The summed E-state index contributed by atoms with van der Waals surface area (Å²) in [6.07, 6.45) is 6.13. The maximum absolute atomic E-state index is 12.7. The predicted molar refractivity (Wildman–Crippen MR) is 93.5 cm³/mol. The highest BCUT2D eigenvalue weighted by Crippen LogP contribution is 2.22. The topological polar surface area (TPSA) is 81.2 Å². The molecule has 0 aliphatic heterocycles. The van der Waals surface area contributed by atoms with E-state index >= 15 is 0 Å². The van der Waals surface area contributed by atoms with Gasteiger partial charge in [-0.15, -0.1) is 0 Å². The summed E-state index contributed by atoms with van der Waals surface area (Å²) >= 11 is 0. The third kappa shape index (κ3) is 3.48. The highest BCUT2D eigenvalue weighted by atomic mass is 16.2. The first-order valence-corrected chi connectivity index (χ1v) is 8.53. The summed E-state index contributed by atoms with van der Waals surface area (Å²) in [6.45, 7) is 0.405. The molecule has 1 fully saturated rings. The number of carbonyl (C=O) groups excluding carboxylic acids is 1. The number of hydrogen-bond donors (Lipinski definition) is 1. The predicted octanol–water partition coefficient (Wildman–Crippen LogP) is 1.65. The van der Waals surface area contributed by atoms with Crippen LogP contribution in [0.3, 0.4) is 0 Å². The normalized spacial score (nSPS) is 15.9. The lowest BCUT2D eigenvalue weighted by Gasteiger charge is -2.31. The zero-order valence-corrected chi connectivity index (χ0v) is 14.1. The molecule has 1 aliphatic rings. The number of carbonyl (C=O) groups is 1. The molecule has 2 aromatic rings. The van der Waals surface area contributed by atoms with Crippen molar-refractivity contribution in [3.63, 3.8) is 0 Å². The number of aromatic nitrogens is 2. The van der Waals surface area contributed by atoms with Gasteiger partial charge in [0.2, 0.25) is 5.91 Å². The second-order valence-electron chi connectivity index (χ2n) is 6.61. The maximum atomic E-state index is 12.7. The van der Waals surface area contributed by atoms with Crippen LogP contribution < -0.4 is 11.3 Å². The third-order valence-corrected chi connectivity index (χ3v) is 4.84. The molecule has 2 N–H and O–H groups in total. The van der Waals surface area contributed by atoms with Gasteiger partial charge in [-0.2, -0.15) is 0 Å². The van der Waals surface area contributed by atoms with E-state index in [1.165, 1.54) is 36.7 Å². The molecule has 0 unspecified atom stereocenters. The molecule has 1 saturated carbocycles. The molecule has 128 valence electrons. The van der Waals surface area contributed by atoms with E-state index in [1.807, 2.05) is 12.1 Å². The SMILES string of the molecule is CN(Cc1nc2ccccc2c(=O)n1CC(N)=O)C1CCCCC1. The van der Waals surface area contributed by atoms with Crippen molar-refractivity contribution in [1.29, 1.82) is 0 Å². The van der Waals surface area contributed by atoms with E-state index in [2.05, 4.69) is 16.9 Å². The van der Waals surface area contributed by atoms with Gasteiger partial charge in [0.25, 0.3) is 5.56 Å². The summed E-state index contributed by atoms with van der Waals surface area (Å²) in [4.78, 5) is 31.0. The molecule has 3 rings (SSSR count). The van der Waals surface area contributed by atoms with Crippen LogP contribution in [-0.2, 0) is 17.9 Å². The van der Waals surface area contributed by atoms with Gasteiger partial charge in [-0.1, -0.05) is 31.4 Å². The van der Waals surface area contributed by atoms with Crippen LogP contribution in [0, 0.1) is 0 Å². The fourth-order valence-electron chi connectivity index (χ4n) is 3.53. The fraction of sp³-hybridized carbons (Fsp3) is 0.500. The number of nitrogens with two attached hydrogens (primary N) is 1. The quantitative estimate of drug-likeness (QED) is 0.905. The van der Waals surface area contributed by atoms with Crippen LogP contribution in [0.5, 0.6) is 0 Å². The molecule has 1 heterocycles. The number of hydrogen-bond acceptors (Lipinski definition) is 4. The summed E-state index contributed by atoms with van der Waals surface area (Å²) in [5, 5.41) is 0.516. The minimum atomic E-state index is -0.532. The lowest BCUT2D eigenvalue weighted by Crippen LogP contribution is -2.37. The van der Waals surface area contributed by atoms with Gasteiger partial charge in [-0.05, 0) is 32.0 Å². The van der Waals surface area contributed by atoms with Crippen LogP contribution in [0.4, 0.5) is 0 Å². The number of rotatable bonds is 5. The molecular formula is C18H24N4O2. The first-order valence-electron chi connectivity index (χ1n) is 8.53. The summed E-state index contributed by atoms with van der Waals surface area (Å²) in [6, 6.07) is 7.73. The molecule has 1 amide bonds. The van der Waals surface area contributed by atoms with Crippen molar-refractivity contribution in [2.45, 2.75) is 51.2 Å². The van der Waals surface area contributed by atoms with Crippen molar-refractivity contribution >= 4 is 16.8 Å². The average Bonchev–Trinajstić information content (AvgIpc) is 2.59. The van der Waals surface area contributed by atoms with Gasteiger partial charge < -0.3 is 5.73 Å². The van der Waals surface area contributed by atoms with Crippen molar-refractivity contribution in [2.75, 3.05) is 7.05 Å². The Kier molecular flexibility index (Phi) is 4.94. The third-order valence-electron chi connectivity index (χ3n) is 4.84. The first kappa shape index (κ1) is 16.6. The Balaban J connectivity index is 1.98. The molecule has 0 radical (unpaired) electrons. The Bertz CT molecular complexity index is 793. The standard InChI is InChI=1S/C18H24N4O2/c1-21(13-7-3-2-4-8-13)12-17-20-15-10-6-5-9-14(15)18(24)22(17)11-16(19)23/h5-6,9-10,13H,2-4,7-8,11-12H2,1H3,(H2,19,23). The molecule has 0 saturated heterocycles. The Morgan fingerprint density at radius 3 is 2.71 bits per heavy atom. The first-order chi connectivity index (χ1) is 11.6. The number of primary amides is 1. The van der Waals surface area contributed by atoms with Gasteiger partial charge in [0.1, 0.15) is 12.4 Å². The van der Waals surface area contributed by atoms with Crippen molar-refractivity contribution in [3.8, 4) is 0 Å². The number of benzene rings is 1. The van der Waals surface area contributed by atoms with Gasteiger partial charge >= 0.3 is 0 Å². The molecule has 6 nitrogen and oxygen atoms in total. The van der Waals surface area contributed by atoms with Gasteiger partial charge in [0, 0.05) is 6.04 Å². The summed E-state index contributed by atoms with van der Waals surface area (Å²) in [5.74, 6) is 0.0707. The smallest absolute Gasteiger partial charge is 0.261 e. The average molecular weight is 328 g/mol. The number of amides is 1. The van der Waals surface area contributed by atoms with Gasteiger partial charge in [-0.3, -0.25) is 19.1 Å². The van der Waals surface area contributed by atoms with E-state index in [0.29, 0.717) is 29.3 Å². The van der Waals surface area contributed by atoms with Crippen molar-refractivity contribution < 1.29 is 4.79 Å². The molecular weight excluding hydrogens is 304 g/mol. The molecule has 24 heavy (non-hydrogen) atoms. The van der Waals surface area contributed by atoms with Crippen molar-refractivity contribution in [1.82, 2.24) is 14.5 Å². The second-order valence-corrected chi connectivity index (χ2v) is 6.61. The molecule has 1 aromatic carbocycles. The van der Waals surface area contributed by atoms with Crippen LogP contribution in [0.25, 0.3) is 10.9 Å². The minimum absolute atomic E-state index is 0.134. The van der Waals surface area contributed by atoms with Crippen LogP contribution in [0.2, 0.25) is 0 Å². The van der Waals surface area contributed by atoms with E-state index < -0.39 is 5.91 Å². The Hall–Kier alpha value is -2.21. The summed E-state index contributed by atoms with van der Waals surface area (Å²) < 4.78 is 1.42. The second kappa shape index (κ2) is 7.13. The lowest BCUT2D eigenvalue weighted by atomic mass is 9.94. The van der Waals surface area contributed by atoms with Crippen LogP contribution >= 0.6 is 0 Å². The van der Waals surface area contributed by atoms with Crippen LogP contribution in [0.15, 0.2) is 29.1 Å². The van der Waals surface area contributed by atoms with E-state index in [4.69, 9.17) is 5.73 Å². The molecule has 0 spiro atoms. The Labute approximate surface area is 141 Å². The Morgan fingerprint density at radius 1 is 1.29 bits per heavy atom.